The quantitative estimate of drug-likeness (QED) is 0.837. The highest BCUT2D eigenvalue weighted by atomic mass is 16.5. The van der Waals surface area contributed by atoms with Crippen molar-refractivity contribution < 1.29 is 9.53 Å². The van der Waals surface area contributed by atoms with Gasteiger partial charge in [0.05, 0.1) is 24.9 Å². The second kappa shape index (κ2) is 7.39. The van der Waals surface area contributed by atoms with Gasteiger partial charge in [0, 0.05) is 19.0 Å². The van der Waals surface area contributed by atoms with E-state index in [1.807, 2.05) is 26.1 Å². The fourth-order valence-corrected chi connectivity index (χ4v) is 2.73. The average Bonchev–Trinajstić information content (AvgIpc) is 2.94. The minimum atomic E-state index is -0.0596. The number of hydrogen-bond donors (Lipinski definition) is 2. The molecule has 0 unspecified atom stereocenters. The van der Waals surface area contributed by atoms with Gasteiger partial charge in [-0.1, -0.05) is 0 Å². The molecule has 1 aliphatic rings. The van der Waals surface area contributed by atoms with E-state index < -0.39 is 0 Å². The molecule has 8 heteroatoms. The van der Waals surface area contributed by atoms with Gasteiger partial charge in [0.1, 0.15) is 18.2 Å². The Labute approximate surface area is 140 Å². The smallest absolute Gasteiger partial charge is 0.242 e. The summed E-state index contributed by atoms with van der Waals surface area (Å²) < 4.78 is 7.18. The molecule has 0 radical (unpaired) electrons. The number of rotatable bonds is 5. The van der Waals surface area contributed by atoms with Crippen molar-refractivity contribution in [2.24, 2.45) is 0 Å². The summed E-state index contributed by atoms with van der Waals surface area (Å²) in [6.07, 6.45) is 6.06. The number of nitrogens with zero attached hydrogens (tertiary/aromatic N) is 4. The largest absolute Gasteiger partial charge is 0.379 e. The number of aromatic nitrogens is 4. The molecule has 3 rings (SSSR count). The Balaban J connectivity index is 1.60. The normalized spacial score (nSPS) is 20.6. The maximum atomic E-state index is 12.3. The van der Waals surface area contributed by atoms with E-state index in [0.717, 1.165) is 17.8 Å². The van der Waals surface area contributed by atoms with Crippen LogP contribution in [0, 0.1) is 13.8 Å². The van der Waals surface area contributed by atoms with Crippen molar-refractivity contribution in [3.8, 4) is 0 Å². The molecule has 1 aliphatic heterocycles. The van der Waals surface area contributed by atoms with Gasteiger partial charge < -0.3 is 15.4 Å². The molecule has 8 nitrogen and oxygen atoms in total. The van der Waals surface area contributed by atoms with Crippen molar-refractivity contribution in [2.45, 2.75) is 38.9 Å². The Kier molecular flexibility index (Phi) is 5.05. The maximum Gasteiger partial charge on any atom is 0.242 e. The highest BCUT2D eigenvalue weighted by Gasteiger charge is 2.27. The van der Waals surface area contributed by atoms with Gasteiger partial charge in [0.25, 0.3) is 0 Å². The predicted octanol–water partition coefficient (Wildman–Crippen LogP) is 0.676. The number of amides is 1. The number of nitrogens with one attached hydrogen (secondary N) is 2. The predicted molar refractivity (Wildman–Crippen MR) is 88.5 cm³/mol. The van der Waals surface area contributed by atoms with Crippen LogP contribution in [0.5, 0.6) is 0 Å². The molecule has 0 saturated carbocycles. The Bertz CT molecular complexity index is 701. The third-order valence-corrected chi connectivity index (χ3v) is 3.88. The number of carbonyl (C=O) groups is 1. The summed E-state index contributed by atoms with van der Waals surface area (Å²) in [5.74, 6) is 1.38. The van der Waals surface area contributed by atoms with E-state index in [2.05, 4.69) is 25.7 Å². The Morgan fingerprint density at radius 2 is 2.29 bits per heavy atom. The van der Waals surface area contributed by atoms with E-state index in [1.165, 1.54) is 0 Å². The van der Waals surface area contributed by atoms with Crippen LogP contribution >= 0.6 is 0 Å². The van der Waals surface area contributed by atoms with E-state index in [9.17, 15) is 4.79 Å². The van der Waals surface area contributed by atoms with Crippen LogP contribution in [0.3, 0.4) is 0 Å². The molecule has 0 aromatic carbocycles. The second-order valence-corrected chi connectivity index (χ2v) is 5.99. The zero-order chi connectivity index (χ0) is 16.9. The van der Waals surface area contributed by atoms with Gasteiger partial charge in [-0.3, -0.25) is 9.48 Å². The number of aryl methyl sites for hydroxylation is 2. The lowest BCUT2D eigenvalue weighted by atomic mass is 10.0. The molecule has 2 aromatic heterocycles. The van der Waals surface area contributed by atoms with Crippen molar-refractivity contribution in [3.63, 3.8) is 0 Å². The lowest BCUT2D eigenvalue weighted by molar-refractivity contribution is -0.123. The molecule has 1 amide bonds. The van der Waals surface area contributed by atoms with Crippen molar-refractivity contribution in [1.82, 2.24) is 25.1 Å². The minimum absolute atomic E-state index is 0.0156. The van der Waals surface area contributed by atoms with E-state index in [0.29, 0.717) is 19.0 Å². The van der Waals surface area contributed by atoms with Crippen LogP contribution in [0.2, 0.25) is 0 Å². The minimum Gasteiger partial charge on any atom is -0.379 e. The fraction of sp³-hybridized carbons (Fsp3) is 0.500. The molecule has 128 valence electrons. The molecule has 0 bridgehead atoms. The molecule has 2 atom stereocenters. The Morgan fingerprint density at radius 3 is 3.04 bits per heavy atom. The summed E-state index contributed by atoms with van der Waals surface area (Å²) >= 11 is 0. The van der Waals surface area contributed by atoms with Crippen molar-refractivity contribution >= 4 is 11.7 Å². The third-order valence-electron chi connectivity index (χ3n) is 3.88. The van der Waals surface area contributed by atoms with Crippen LogP contribution in [-0.2, 0) is 16.1 Å². The zero-order valence-electron chi connectivity index (χ0n) is 13.9. The van der Waals surface area contributed by atoms with Crippen LogP contribution in [-0.4, -0.2) is 51.0 Å². The summed E-state index contributed by atoms with van der Waals surface area (Å²) in [6.45, 7) is 5.16. The molecule has 0 aliphatic carbocycles. The monoisotopic (exact) mass is 330 g/mol. The van der Waals surface area contributed by atoms with Crippen LogP contribution in [0.15, 0.2) is 24.7 Å². The average molecular weight is 330 g/mol. The van der Waals surface area contributed by atoms with Crippen molar-refractivity contribution in [2.75, 3.05) is 18.5 Å². The first-order valence-electron chi connectivity index (χ1n) is 8.02. The fourth-order valence-electron chi connectivity index (χ4n) is 2.73. The van der Waals surface area contributed by atoms with E-state index in [1.54, 1.807) is 17.1 Å². The van der Waals surface area contributed by atoms with Gasteiger partial charge in [-0.25, -0.2) is 9.97 Å². The van der Waals surface area contributed by atoms with Crippen LogP contribution in [0.1, 0.15) is 17.8 Å². The molecular weight excluding hydrogens is 308 g/mol. The summed E-state index contributed by atoms with van der Waals surface area (Å²) in [5.41, 5.74) is 1.03. The Hall–Kier alpha value is -2.48. The molecule has 2 N–H and O–H groups in total. The molecule has 24 heavy (non-hydrogen) atoms. The number of carbonyl (C=O) groups excluding carboxylic acids is 1. The molecule has 0 spiro atoms. The van der Waals surface area contributed by atoms with Gasteiger partial charge >= 0.3 is 0 Å². The van der Waals surface area contributed by atoms with Gasteiger partial charge in [-0.15, -0.1) is 0 Å². The summed E-state index contributed by atoms with van der Waals surface area (Å²) in [4.78, 5) is 20.7. The van der Waals surface area contributed by atoms with Crippen LogP contribution < -0.4 is 10.6 Å². The van der Waals surface area contributed by atoms with Crippen molar-refractivity contribution in [3.05, 3.63) is 36.0 Å². The first kappa shape index (κ1) is 16.4. The molecule has 1 fully saturated rings. The molecular formula is C16H22N6O2. The molecule has 2 aromatic rings. The number of hydrogen-bond acceptors (Lipinski definition) is 6. The highest BCUT2D eigenvalue weighted by molar-refractivity contribution is 5.76. The number of anilines is 1. The lowest BCUT2D eigenvalue weighted by Crippen LogP contribution is -2.53. The first-order chi connectivity index (χ1) is 11.6. The number of ether oxygens (including phenoxy) is 1. The maximum absolute atomic E-state index is 12.3. The summed E-state index contributed by atoms with van der Waals surface area (Å²) in [5, 5.41) is 10.6. The molecule has 3 heterocycles. The van der Waals surface area contributed by atoms with Crippen LogP contribution in [0.25, 0.3) is 0 Å². The summed E-state index contributed by atoms with van der Waals surface area (Å²) in [6, 6.07) is 1.77. The van der Waals surface area contributed by atoms with Gasteiger partial charge in [0.15, 0.2) is 0 Å². The van der Waals surface area contributed by atoms with Gasteiger partial charge in [-0.2, -0.15) is 5.10 Å². The highest BCUT2D eigenvalue weighted by Crippen LogP contribution is 2.13. The van der Waals surface area contributed by atoms with Crippen LogP contribution in [0.4, 0.5) is 5.82 Å². The molecule has 1 saturated heterocycles. The second-order valence-electron chi connectivity index (χ2n) is 5.99. The lowest BCUT2D eigenvalue weighted by Gasteiger charge is -2.33. The van der Waals surface area contributed by atoms with Gasteiger partial charge in [-0.05, 0) is 31.9 Å². The Morgan fingerprint density at radius 1 is 1.42 bits per heavy atom. The van der Waals surface area contributed by atoms with Crippen molar-refractivity contribution in [1.29, 1.82) is 0 Å². The SMILES string of the molecule is Cc1cnn(CC(=O)N[C@H]2CCOC[C@H]2Nc2ccnc(C)n2)c1. The topological polar surface area (TPSA) is 94.0 Å². The zero-order valence-corrected chi connectivity index (χ0v) is 13.9. The standard InChI is InChI=1S/C16H22N6O2/c1-11-7-18-22(8-11)9-16(23)21-13-4-6-24-10-14(13)20-15-3-5-17-12(2)19-15/h3,5,7-8,13-14H,4,6,9-10H2,1-2H3,(H,21,23)(H,17,19,20)/t13-,14+/m0/s1. The van der Waals surface area contributed by atoms with E-state index >= 15 is 0 Å². The third kappa shape index (κ3) is 4.29. The summed E-state index contributed by atoms with van der Waals surface area (Å²) in [7, 11) is 0. The van der Waals surface area contributed by atoms with Gasteiger partial charge in [0.2, 0.25) is 5.91 Å². The van der Waals surface area contributed by atoms with E-state index in [-0.39, 0.29) is 24.5 Å². The first-order valence-corrected chi connectivity index (χ1v) is 8.02. The van der Waals surface area contributed by atoms with E-state index in [4.69, 9.17) is 4.74 Å².